The van der Waals surface area contributed by atoms with Gasteiger partial charge in [-0.1, -0.05) is 13.2 Å². The van der Waals surface area contributed by atoms with Crippen LogP contribution in [0.2, 0.25) is 0 Å². The first-order valence-corrected chi connectivity index (χ1v) is 16.0. The number of benzene rings is 3. The highest BCUT2D eigenvalue weighted by atomic mass is 16.6. The Bertz CT molecular complexity index is 1670. The first-order chi connectivity index (χ1) is 24.6. The van der Waals surface area contributed by atoms with Gasteiger partial charge in [-0.15, -0.1) is 0 Å². The lowest BCUT2D eigenvalue weighted by molar-refractivity contribution is -0.138. The first-order valence-electron chi connectivity index (χ1n) is 16.0. The Morgan fingerprint density at radius 2 is 1.10 bits per heavy atom. The Morgan fingerprint density at radius 1 is 0.569 bits per heavy atom. The highest BCUT2D eigenvalue weighted by molar-refractivity contribution is 5.93. The van der Waals surface area contributed by atoms with Crippen molar-refractivity contribution in [2.45, 2.75) is 32.6 Å². The minimum atomic E-state index is -0.737. The third kappa shape index (κ3) is 12.1. The molecule has 0 radical (unpaired) electrons. The number of hydrogen-bond donors (Lipinski definition) is 0. The minimum Gasteiger partial charge on any atom is -0.493 e. The van der Waals surface area contributed by atoms with Gasteiger partial charge in [-0.2, -0.15) is 0 Å². The topological polar surface area (TPSA) is 151 Å². The van der Waals surface area contributed by atoms with Crippen LogP contribution < -0.4 is 33.2 Å². The number of methoxy groups -OCH3 is 3. The number of ether oxygens (including phenoxy) is 9. The van der Waals surface area contributed by atoms with Gasteiger partial charge in [0.2, 0.25) is 5.75 Å². The van der Waals surface area contributed by atoms with Gasteiger partial charge in [0, 0.05) is 18.2 Å². The number of aryl methyl sites for hydroxylation is 1. The third-order valence-corrected chi connectivity index (χ3v) is 7.06. The van der Waals surface area contributed by atoms with Crippen LogP contribution in [-0.2, 0) is 19.1 Å². The zero-order valence-electron chi connectivity index (χ0n) is 29.2. The molecular weight excluding hydrogens is 664 g/mol. The van der Waals surface area contributed by atoms with Gasteiger partial charge in [0.1, 0.15) is 11.5 Å². The molecular formula is C38H42O13. The molecule has 3 aromatic carbocycles. The molecule has 3 aromatic rings. The summed E-state index contributed by atoms with van der Waals surface area (Å²) in [5.74, 6) is -0.528. The largest absolute Gasteiger partial charge is 0.493 e. The van der Waals surface area contributed by atoms with E-state index < -0.39 is 23.9 Å². The van der Waals surface area contributed by atoms with E-state index in [1.807, 2.05) is 6.92 Å². The Kier molecular flexibility index (Phi) is 15.9. The van der Waals surface area contributed by atoms with Gasteiger partial charge in [-0.25, -0.2) is 19.2 Å². The molecule has 0 unspecified atom stereocenters. The fourth-order valence-electron chi connectivity index (χ4n) is 4.43. The minimum absolute atomic E-state index is 0.0777. The van der Waals surface area contributed by atoms with Crippen LogP contribution in [0.25, 0.3) is 0 Å². The zero-order chi connectivity index (χ0) is 37.2. The normalized spacial score (nSPS) is 10.3. The second kappa shape index (κ2) is 20.5. The van der Waals surface area contributed by atoms with Gasteiger partial charge in [0.05, 0.1) is 58.9 Å². The average Bonchev–Trinajstić information content (AvgIpc) is 3.14. The molecule has 0 fully saturated rings. The molecule has 0 spiro atoms. The van der Waals surface area contributed by atoms with Gasteiger partial charge in [0.25, 0.3) is 0 Å². The molecule has 0 heterocycles. The molecule has 0 aliphatic heterocycles. The van der Waals surface area contributed by atoms with Crippen molar-refractivity contribution in [3.05, 3.63) is 90.5 Å². The lowest BCUT2D eigenvalue weighted by Crippen LogP contribution is -2.12. The molecule has 0 saturated carbocycles. The van der Waals surface area contributed by atoms with Gasteiger partial charge in [-0.3, -0.25) is 0 Å². The second-order valence-corrected chi connectivity index (χ2v) is 10.6. The molecule has 0 aromatic heterocycles. The van der Waals surface area contributed by atoms with E-state index in [1.165, 1.54) is 51.7 Å². The van der Waals surface area contributed by atoms with Gasteiger partial charge in [-0.05, 0) is 80.6 Å². The van der Waals surface area contributed by atoms with Crippen molar-refractivity contribution in [3.63, 3.8) is 0 Å². The summed E-state index contributed by atoms with van der Waals surface area (Å²) in [6, 6.07) is 12.2. The second-order valence-electron chi connectivity index (χ2n) is 10.6. The molecule has 0 aliphatic carbocycles. The molecule has 13 nitrogen and oxygen atoms in total. The van der Waals surface area contributed by atoms with Crippen LogP contribution in [0, 0.1) is 6.92 Å². The zero-order valence-corrected chi connectivity index (χ0v) is 29.2. The van der Waals surface area contributed by atoms with Gasteiger partial charge in [0.15, 0.2) is 23.0 Å². The van der Waals surface area contributed by atoms with Gasteiger partial charge >= 0.3 is 23.9 Å². The van der Waals surface area contributed by atoms with E-state index >= 15 is 0 Å². The predicted octanol–water partition coefficient (Wildman–Crippen LogP) is 6.24. The van der Waals surface area contributed by atoms with Gasteiger partial charge < -0.3 is 42.6 Å². The number of hydrogen-bond acceptors (Lipinski definition) is 13. The number of carbonyl (C=O) groups excluding carboxylic acids is 4. The predicted molar refractivity (Wildman–Crippen MR) is 185 cm³/mol. The van der Waals surface area contributed by atoms with Crippen LogP contribution in [0.4, 0.5) is 0 Å². The Labute approximate surface area is 296 Å². The van der Waals surface area contributed by atoms with E-state index in [1.54, 1.807) is 18.2 Å². The quantitative estimate of drug-likeness (QED) is 0.0533. The average molecular weight is 707 g/mol. The lowest BCUT2D eigenvalue weighted by Gasteiger charge is -2.16. The van der Waals surface area contributed by atoms with Crippen LogP contribution in [0.1, 0.15) is 52.0 Å². The van der Waals surface area contributed by atoms with E-state index in [0.29, 0.717) is 49.4 Å². The third-order valence-electron chi connectivity index (χ3n) is 7.06. The molecule has 0 aliphatic rings. The number of esters is 4. The molecule has 0 bridgehead atoms. The highest BCUT2D eigenvalue weighted by Crippen LogP contribution is 2.40. The number of rotatable bonds is 21. The Morgan fingerprint density at radius 3 is 1.65 bits per heavy atom. The standard InChI is InChI=1S/C38H42O13/c1-7-34(39)47-18-10-9-17-46-29-15-13-26(21-25(29)3)37(41)50-28-14-16-30(31(24-28)43-4)51-38(42)27-22-32(44-5)36(33(23-27)45-6)49-20-12-11-19-48-35(40)8-2/h7-8,13-16,21-24H,1-2,9-12,17-20H2,3-6H3. The SMILES string of the molecule is C=CC(=O)OCCCCOc1ccc(C(=O)Oc2ccc(OC(=O)c3cc(OC)c(OCCCCOC(=O)C=C)c(OC)c3)c(OC)c2)cc1C. The molecule has 0 saturated heterocycles. The summed E-state index contributed by atoms with van der Waals surface area (Å²) in [5.41, 5.74) is 1.15. The van der Waals surface area contributed by atoms with Crippen LogP contribution in [0.15, 0.2) is 73.8 Å². The summed E-state index contributed by atoms with van der Waals surface area (Å²) in [4.78, 5) is 48.4. The Hall–Kier alpha value is -5.98. The Balaban J connectivity index is 1.60. The number of carbonyl (C=O) groups is 4. The highest BCUT2D eigenvalue weighted by Gasteiger charge is 2.21. The van der Waals surface area contributed by atoms with Crippen LogP contribution in [0.3, 0.4) is 0 Å². The van der Waals surface area contributed by atoms with Crippen LogP contribution in [-0.4, -0.2) is 71.6 Å². The summed E-state index contributed by atoms with van der Waals surface area (Å²) in [6.07, 6.45) is 4.67. The molecule has 272 valence electrons. The molecule has 0 N–H and O–H groups in total. The summed E-state index contributed by atoms with van der Waals surface area (Å²) in [5, 5.41) is 0. The van der Waals surface area contributed by atoms with E-state index in [-0.39, 0.29) is 54.1 Å². The molecule has 0 amide bonds. The fraction of sp³-hybridized carbons (Fsp3) is 0.316. The van der Waals surface area contributed by atoms with E-state index in [0.717, 1.165) is 17.7 Å². The van der Waals surface area contributed by atoms with Crippen molar-refractivity contribution in [1.82, 2.24) is 0 Å². The van der Waals surface area contributed by atoms with Crippen LogP contribution >= 0.6 is 0 Å². The van der Waals surface area contributed by atoms with E-state index in [9.17, 15) is 19.2 Å². The molecule has 0 atom stereocenters. The summed E-state index contributed by atoms with van der Waals surface area (Å²) >= 11 is 0. The summed E-state index contributed by atoms with van der Waals surface area (Å²) in [6.45, 7) is 9.70. The van der Waals surface area contributed by atoms with Crippen molar-refractivity contribution < 1.29 is 61.8 Å². The maximum atomic E-state index is 13.2. The summed E-state index contributed by atoms with van der Waals surface area (Å²) < 4.78 is 49.0. The lowest BCUT2D eigenvalue weighted by atomic mass is 10.1. The fourth-order valence-corrected chi connectivity index (χ4v) is 4.43. The van der Waals surface area contributed by atoms with Crippen molar-refractivity contribution in [1.29, 1.82) is 0 Å². The monoisotopic (exact) mass is 706 g/mol. The van der Waals surface area contributed by atoms with E-state index in [2.05, 4.69) is 13.2 Å². The maximum absolute atomic E-state index is 13.2. The van der Waals surface area contributed by atoms with Crippen molar-refractivity contribution >= 4 is 23.9 Å². The maximum Gasteiger partial charge on any atom is 0.343 e. The van der Waals surface area contributed by atoms with Crippen molar-refractivity contribution in [2.24, 2.45) is 0 Å². The molecule has 3 rings (SSSR count). The molecule has 51 heavy (non-hydrogen) atoms. The molecule has 13 heteroatoms. The first kappa shape index (κ1) is 39.5. The van der Waals surface area contributed by atoms with Crippen molar-refractivity contribution in [3.8, 4) is 40.2 Å². The van der Waals surface area contributed by atoms with E-state index in [4.69, 9.17) is 42.6 Å². The smallest absolute Gasteiger partial charge is 0.343 e. The number of unbranched alkanes of at least 4 members (excludes halogenated alkanes) is 2. The summed E-state index contributed by atoms with van der Waals surface area (Å²) in [7, 11) is 4.24. The van der Waals surface area contributed by atoms with Crippen LogP contribution in [0.5, 0.6) is 40.2 Å². The van der Waals surface area contributed by atoms with Crippen molar-refractivity contribution in [2.75, 3.05) is 47.8 Å².